The van der Waals surface area contributed by atoms with Crippen LogP contribution >= 0.6 is 0 Å². The topological polar surface area (TPSA) is 87.7 Å². The summed E-state index contributed by atoms with van der Waals surface area (Å²) in [6.45, 7) is 6.88. The SMILES string of the molecule is CCCNC(=O)[C@@H]1CC(=O)N(c2ccc(OCC(=O)Nc3c(C)cccc3CC)cc2)C1. The van der Waals surface area contributed by atoms with Crippen LogP contribution in [0.5, 0.6) is 5.75 Å². The van der Waals surface area contributed by atoms with E-state index >= 15 is 0 Å². The first-order chi connectivity index (χ1) is 15.4. The number of hydrogen-bond acceptors (Lipinski definition) is 4. The zero-order chi connectivity index (χ0) is 23.1. The molecule has 1 fully saturated rings. The van der Waals surface area contributed by atoms with Gasteiger partial charge >= 0.3 is 0 Å². The van der Waals surface area contributed by atoms with Crippen LogP contribution in [0.1, 0.15) is 37.8 Å². The van der Waals surface area contributed by atoms with Crippen LogP contribution in [-0.4, -0.2) is 37.4 Å². The van der Waals surface area contributed by atoms with E-state index in [1.54, 1.807) is 29.2 Å². The number of anilines is 2. The predicted molar refractivity (Wildman–Crippen MR) is 125 cm³/mol. The molecule has 7 nitrogen and oxygen atoms in total. The van der Waals surface area contributed by atoms with E-state index in [4.69, 9.17) is 4.74 Å². The molecule has 0 spiro atoms. The predicted octanol–water partition coefficient (Wildman–Crippen LogP) is 3.45. The Labute approximate surface area is 189 Å². The van der Waals surface area contributed by atoms with Gasteiger partial charge in [-0.1, -0.05) is 32.0 Å². The lowest BCUT2D eigenvalue weighted by Crippen LogP contribution is -2.33. The van der Waals surface area contributed by atoms with E-state index in [9.17, 15) is 14.4 Å². The number of nitrogens with zero attached hydrogens (tertiary/aromatic N) is 1. The molecule has 7 heteroatoms. The maximum Gasteiger partial charge on any atom is 0.262 e. The van der Waals surface area contributed by atoms with E-state index in [0.29, 0.717) is 24.5 Å². The van der Waals surface area contributed by atoms with Gasteiger partial charge in [-0.15, -0.1) is 0 Å². The summed E-state index contributed by atoms with van der Waals surface area (Å²) >= 11 is 0. The highest BCUT2D eigenvalue weighted by Crippen LogP contribution is 2.27. The minimum Gasteiger partial charge on any atom is -0.484 e. The van der Waals surface area contributed by atoms with Gasteiger partial charge in [0.05, 0.1) is 5.92 Å². The zero-order valence-electron chi connectivity index (χ0n) is 18.9. The fourth-order valence-electron chi connectivity index (χ4n) is 3.77. The number of benzene rings is 2. The monoisotopic (exact) mass is 437 g/mol. The smallest absolute Gasteiger partial charge is 0.262 e. The molecule has 0 aromatic heterocycles. The Balaban J connectivity index is 1.54. The Bertz CT molecular complexity index is 972. The van der Waals surface area contributed by atoms with Crippen LogP contribution in [0.4, 0.5) is 11.4 Å². The molecule has 1 heterocycles. The van der Waals surface area contributed by atoms with Crippen molar-refractivity contribution in [3.05, 3.63) is 53.6 Å². The number of para-hydroxylation sites is 1. The molecule has 0 aliphatic carbocycles. The molecule has 0 bridgehead atoms. The molecule has 0 saturated carbocycles. The van der Waals surface area contributed by atoms with Gasteiger partial charge in [0.25, 0.3) is 5.91 Å². The first-order valence-corrected chi connectivity index (χ1v) is 11.1. The highest BCUT2D eigenvalue weighted by molar-refractivity contribution is 6.00. The molecule has 1 aliphatic heterocycles. The van der Waals surface area contributed by atoms with Crippen molar-refractivity contribution in [1.82, 2.24) is 5.32 Å². The summed E-state index contributed by atoms with van der Waals surface area (Å²) in [5.74, 6) is -0.168. The van der Waals surface area contributed by atoms with E-state index in [1.807, 2.05) is 39.0 Å². The molecule has 3 rings (SSSR count). The lowest BCUT2D eigenvalue weighted by atomic mass is 10.1. The van der Waals surface area contributed by atoms with Crippen LogP contribution in [0, 0.1) is 12.8 Å². The number of carbonyl (C=O) groups excluding carboxylic acids is 3. The van der Waals surface area contributed by atoms with Gasteiger partial charge in [0.15, 0.2) is 6.61 Å². The number of ether oxygens (including phenoxy) is 1. The van der Waals surface area contributed by atoms with Crippen molar-refractivity contribution in [2.24, 2.45) is 5.92 Å². The molecule has 170 valence electrons. The molecule has 2 aromatic carbocycles. The number of nitrogens with one attached hydrogen (secondary N) is 2. The van der Waals surface area contributed by atoms with Crippen molar-refractivity contribution >= 4 is 29.1 Å². The Kier molecular flexibility index (Phi) is 7.87. The van der Waals surface area contributed by atoms with Crippen molar-refractivity contribution in [2.75, 3.05) is 29.9 Å². The molecule has 1 atom stereocenters. The summed E-state index contributed by atoms with van der Waals surface area (Å²) in [4.78, 5) is 38.5. The Morgan fingerprint density at radius 1 is 1.12 bits per heavy atom. The van der Waals surface area contributed by atoms with Crippen LogP contribution in [0.3, 0.4) is 0 Å². The van der Waals surface area contributed by atoms with Gasteiger partial charge in [-0.05, 0) is 55.2 Å². The van der Waals surface area contributed by atoms with Gasteiger partial charge in [-0.3, -0.25) is 14.4 Å². The third-order valence-corrected chi connectivity index (χ3v) is 5.57. The molecular weight excluding hydrogens is 406 g/mol. The summed E-state index contributed by atoms with van der Waals surface area (Å²) < 4.78 is 5.62. The van der Waals surface area contributed by atoms with Gasteiger partial charge in [-0.2, -0.15) is 0 Å². The molecule has 0 unspecified atom stereocenters. The van der Waals surface area contributed by atoms with Crippen LogP contribution in [-0.2, 0) is 20.8 Å². The largest absolute Gasteiger partial charge is 0.484 e. The second-order valence-corrected chi connectivity index (χ2v) is 7.99. The molecule has 2 N–H and O–H groups in total. The summed E-state index contributed by atoms with van der Waals surface area (Å²) in [5, 5.41) is 5.79. The molecule has 3 amide bonds. The number of aryl methyl sites for hydroxylation is 2. The van der Waals surface area contributed by atoms with E-state index in [1.165, 1.54) is 0 Å². The Morgan fingerprint density at radius 3 is 2.56 bits per heavy atom. The number of amides is 3. The zero-order valence-corrected chi connectivity index (χ0v) is 18.9. The number of carbonyl (C=O) groups is 3. The molecule has 1 saturated heterocycles. The van der Waals surface area contributed by atoms with Gasteiger partial charge in [0.2, 0.25) is 11.8 Å². The molecule has 1 aliphatic rings. The fraction of sp³-hybridized carbons (Fsp3) is 0.400. The maximum atomic E-state index is 12.4. The number of hydrogen-bond donors (Lipinski definition) is 2. The van der Waals surface area contributed by atoms with Crippen molar-refractivity contribution in [3.8, 4) is 5.75 Å². The highest BCUT2D eigenvalue weighted by Gasteiger charge is 2.34. The molecule has 32 heavy (non-hydrogen) atoms. The van der Waals surface area contributed by atoms with Crippen molar-refractivity contribution in [3.63, 3.8) is 0 Å². The van der Waals surface area contributed by atoms with Crippen molar-refractivity contribution in [1.29, 1.82) is 0 Å². The third-order valence-electron chi connectivity index (χ3n) is 5.57. The fourth-order valence-corrected chi connectivity index (χ4v) is 3.77. The lowest BCUT2D eigenvalue weighted by molar-refractivity contribution is -0.126. The van der Waals surface area contributed by atoms with Gasteiger partial charge in [-0.25, -0.2) is 0 Å². The van der Waals surface area contributed by atoms with E-state index in [-0.39, 0.29) is 36.7 Å². The Hall–Kier alpha value is -3.35. The van der Waals surface area contributed by atoms with Crippen molar-refractivity contribution in [2.45, 2.75) is 40.0 Å². The first kappa shape index (κ1) is 23.3. The third kappa shape index (κ3) is 5.66. The minimum absolute atomic E-state index is 0.0698. The average molecular weight is 438 g/mol. The summed E-state index contributed by atoms with van der Waals surface area (Å²) in [6, 6.07) is 12.9. The molecule has 0 radical (unpaired) electrons. The Morgan fingerprint density at radius 2 is 1.88 bits per heavy atom. The molecule has 2 aromatic rings. The summed E-state index contributed by atoms with van der Waals surface area (Å²) in [5.41, 5.74) is 3.65. The maximum absolute atomic E-state index is 12.4. The standard InChI is InChI=1S/C25H31N3O4/c1-4-13-26-25(31)19-14-23(30)28(15-19)20-9-11-21(12-10-20)32-16-22(29)27-24-17(3)7-6-8-18(24)5-2/h6-12,19H,4-5,13-16H2,1-3H3,(H,26,31)(H,27,29)/t19-/m1/s1. The lowest BCUT2D eigenvalue weighted by Gasteiger charge is -2.17. The number of rotatable bonds is 9. The first-order valence-electron chi connectivity index (χ1n) is 11.1. The van der Waals surface area contributed by atoms with Crippen LogP contribution in [0.25, 0.3) is 0 Å². The van der Waals surface area contributed by atoms with Crippen molar-refractivity contribution < 1.29 is 19.1 Å². The summed E-state index contributed by atoms with van der Waals surface area (Å²) in [6.07, 6.45) is 1.91. The highest BCUT2D eigenvalue weighted by atomic mass is 16.5. The summed E-state index contributed by atoms with van der Waals surface area (Å²) in [7, 11) is 0. The van der Waals surface area contributed by atoms with Crippen LogP contribution < -0.4 is 20.3 Å². The minimum atomic E-state index is -0.330. The second kappa shape index (κ2) is 10.8. The average Bonchev–Trinajstić information content (AvgIpc) is 3.19. The van der Waals surface area contributed by atoms with E-state index in [2.05, 4.69) is 10.6 Å². The van der Waals surface area contributed by atoms with Gasteiger partial charge < -0.3 is 20.3 Å². The van der Waals surface area contributed by atoms with Crippen LogP contribution in [0.2, 0.25) is 0 Å². The van der Waals surface area contributed by atoms with Gasteiger partial charge in [0, 0.05) is 30.9 Å². The van der Waals surface area contributed by atoms with E-state index < -0.39 is 0 Å². The molecular formula is C25H31N3O4. The quantitative estimate of drug-likeness (QED) is 0.629. The van der Waals surface area contributed by atoms with E-state index in [0.717, 1.165) is 29.7 Å². The van der Waals surface area contributed by atoms with Gasteiger partial charge in [0.1, 0.15) is 5.75 Å². The normalized spacial score (nSPS) is 15.5. The second-order valence-electron chi connectivity index (χ2n) is 7.99. The van der Waals surface area contributed by atoms with Crippen LogP contribution in [0.15, 0.2) is 42.5 Å².